The van der Waals surface area contributed by atoms with Gasteiger partial charge in [0, 0.05) is 61.3 Å². The Morgan fingerprint density at radius 2 is 2.28 bits per heavy atom. The van der Waals surface area contributed by atoms with E-state index in [0.717, 1.165) is 29.1 Å². The van der Waals surface area contributed by atoms with Gasteiger partial charge in [0.15, 0.2) is 0 Å². The smallest absolute Gasteiger partial charge is 0.344 e. The van der Waals surface area contributed by atoms with E-state index in [1.165, 1.54) is 0 Å². The van der Waals surface area contributed by atoms with Crippen LogP contribution in [0.4, 0.5) is 5.69 Å². The minimum atomic E-state index is -0.345. The number of ether oxygens (including phenoxy) is 1. The summed E-state index contributed by atoms with van der Waals surface area (Å²) in [5.41, 5.74) is 2.59. The molecule has 0 saturated carbocycles. The number of aromatic nitrogens is 2. The van der Waals surface area contributed by atoms with E-state index in [-0.39, 0.29) is 17.8 Å². The van der Waals surface area contributed by atoms with Crippen molar-refractivity contribution in [3.05, 3.63) is 63.4 Å². The number of nitrogens with zero attached hydrogens (tertiary/aromatic N) is 5. The summed E-state index contributed by atoms with van der Waals surface area (Å²) in [5.74, 6) is 0.893. The van der Waals surface area contributed by atoms with Crippen LogP contribution in [0, 0.1) is 5.92 Å². The van der Waals surface area contributed by atoms with E-state index in [4.69, 9.17) is 16.3 Å². The maximum atomic E-state index is 11.2. The highest BCUT2D eigenvalue weighted by molar-refractivity contribution is 6.32. The van der Waals surface area contributed by atoms with Gasteiger partial charge in [-0.15, -0.1) is 0 Å². The molecular weight excluding hydrogens is 392 g/mol. The molecule has 0 saturated heterocycles. The highest BCUT2D eigenvalue weighted by Crippen LogP contribution is 2.39. The molecule has 1 aromatic carbocycles. The van der Waals surface area contributed by atoms with E-state index in [1.54, 1.807) is 18.7 Å². The molecule has 3 aliphatic heterocycles. The molecule has 0 fully saturated rings. The molecule has 0 radical (unpaired) electrons. The Hall–Kier alpha value is -2.97. The fourth-order valence-corrected chi connectivity index (χ4v) is 4.14. The van der Waals surface area contributed by atoms with Gasteiger partial charge < -0.3 is 14.6 Å². The van der Waals surface area contributed by atoms with Gasteiger partial charge in [0.25, 0.3) is 0 Å². The molecule has 2 unspecified atom stereocenters. The largest absolute Gasteiger partial charge is 0.490 e. The first-order valence-electron chi connectivity index (χ1n) is 9.40. The lowest BCUT2D eigenvalue weighted by Gasteiger charge is -2.27. The number of benzene rings is 1. The molecule has 2 atom stereocenters. The standard InChI is InChI=1S/C20H19ClN6O2/c21-17-6-16(27-2-1-14-9-22-12-25-19(14)27)5-15-11-26(3-4-29-18(15)17)10-13-7-23-20(28)24-8-13/h1-2,5-9,12,14,19H,3-4,10-11H2,(H,23,24,28). The van der Waals surface area contributed by atoms with Crippen molar-refractivity contribution in [3.8, 4) is 5.75 Å². The summed E-state index contributed by atoms with van der Waals surface area (Å²) in [6.45, 7) is 2.62. The number of hydrogen-bond donors (Lipinski definition) is 1. The van der Waals surface area contributed by atoms with Crippen molar-refractivity contribution in [3.63, 3.8) is 0 Å². The molecule has 0 bridgehead atoms. The van der Waals surface area contributed by atoms with Crippen molar-refractivity contribution in [2.75, 3.05) is 18.1 Å². The van der Waals surface area contributed by atoms with Crippen LogP contribution in [0.5, 0.6) is 5.75 Å². The molecule has 0 spiro atoms. The average Bonchev–Trinajstić information content (AvgIpc) is 3.04. The van der Waals surface area contributed by atoms with Gasteiger partial charge in [-0.2, -0.15) is 0 Å². The zero-order valence-electron chi connectivity index (χ0n) is 15.5. The fraction of sp³-hybridized carbons (Fsp3) is 0.300. The summed E-state index contributed by atoms with van der Waals surface area (Å²) in [6.07, 6.45) is 10.9. The van der Waals surface area contributed by atoms with Crippen LogP contribution in [0.15, 0.2) is 51.6 Å². The van der Waals surface area contributed by atoms with E-state index in [9.17, 15) is 4.79 Å². The zero-order chi connectivity index (χ0) is 19.8. The molecule has 148 valence electrons. The number of fused-ring (bicyclic) bond motifs is 2. The maximum Gasteiger partial charge on any atom is 0.344 e. The molecule has 1 N–H and O–H groups in total. The summed E-state index contributed by atoms with van der Waals surface area (Å²) >= 11 is 6.59. The Labute approximate surface area is 172 Å². The first-order chi connectivity index (χ1) is 14.2. The normalized spacial score (nSPS) is 22.9. The number of aromatic amines is 1. The molecule has 29 heavy (non-hydrogen) atoms. The van der Waals surface area contributed by atoms with Crippen molar-refractivity contribution in [2.45, 2.75) is 19.3 Å². The number of halogens is 1. The predicted octanol–water partition coefficient (Wildman–Crippen LogP) is 2.21. The Morgan fingerprint density at radius 1 is 1.34 bits per heavy atom. The van der Waals surface area contributed by atoms with Crippen LogP contribution in [0.25, 0.3) is 0 Å². The van der Waals surface area contributed by atoms with Crippen molar-refractivity contribution in [2.24, 2.45) is 15.9 Å². The second-order valence-corrected chi connectivity index (χ2v) is 7.61. The number of H-pyrrole nitrogens is 1. The Kier molecular flexibility index (Phi) is 4.65. The molecule has 4 heterocycles. The fourth-order valence-electron chi connectivity index (χ4n) is 3.86. The maximum absolute atomic E-state index is 11.2. The van der Waals surface area contributed by atoms with Crippen LogP contribution < -0.4 is 15.3 Å². The zero-order valence-corrected chi connectivity index (χ0v) is 16.3. The minimum absolute atomic E-state index is 0.0309. The van der Waals surface area contributed by atoms with Crippen LogP contribution in [-0.2, 0) is 13.1 Å². The molecule has 0 amide bonds. The van der Waals surface area contributed by atoms with E-state index in [2.05, 4.69) is 41.9 Å². The first kappa shape index (κ1) is 18.1. The molecule has 9 heteroatoms. The molecular formula is C20H19ClN6O2. The van der Waals surface area contributed by atoms with Gasteiger partial charge in [0.05, 0.1) is 10.9 Å². The second-order valence-electron chi connectivity index (χ2n) is 7.20. The quantitative estimate of drug-likeness (QED) is 0.838. The molecule has 2 aromatic rings. The summed E-state index contributed by atoms with van der Waals surface area (Å²) in [4.78, 5) is 30.6. The van der Waals surface area contributed by atoms with Crippen LogP contribution in [0.3, 0.4) is 0 Å². The Balaban J connectivity index is 1.42. The van der Waals surface area contributed by atoms with E-state index < -0.39 is 0 Å². The summed E-state index contributed by atoms with van der Waals surface area (Å²) in [7, 11) is 0. The SMILES string of the molecule is O=c1ncc(CN2CCOc3c(Cl)cc(N4C=CC5C=NC=NC54)cc3C2)c[nH]1. The minimum Gasteiger partial charge on any atom is -0.490 e. The summed E-state index contributed by atoms with van der Waals surface area (Å²) in [6, 6.07) is 4.04. The average molecular weight is 411 g/mol. The van der Waals surface area contributed by atoms with E-state index in [0.29, 0.717) is 24.7 Å². The first-order valence-corrected chi connectivity index (χ1v) is 9.78. The third-order valence-corrected chi connectivity index (χ3v) is 5.51. The number of hydrogen-bond acceptors (Lipinski definition) is 7. The predicted molar refractivity (Wildman–Crippen MR) is 112 cm³/mol. The highest BCUT2D eigenvalue weighted by atomic mass is 35.5. The molecule has 1 aromatic heterocycles. The molecule has 8 nitrogen and oxygen atoms in total. The molecule has 5 rings (SSSR count). The van der Waals surface area contributed by atoms with Crippen molar-refractivity contribution >= 4 is 29.8 Å². The monoisotopic (exact) mass is 410 g/mol. The van der Waals surface area contributed by atoms with Crippen molar-refractivity contribution < 1.29 is 4.74 Å². The third-order valence-electron chi connectivity index (χ3n) is 5.23. The van der Waals surface area contributed by atoms with Gasteiger partial charge >= 0.3 is 5.69 Å². The van der Waals surface area contributed by atoms with Gasteiger partial charge in [-0.3, -0.25) is 4.90 Å². The van der Waals surface area contributed by atoms with Crippen molar-refractivity contribution in [1.29, 1.82) is 0 Å². The van der Waals surface area contributed by atoms with Gasteiger partial charge in [-0.1, -0.05) is 17.7 Å². The van der Waals surface area contributed by atoms with Crippen LogP contribution in [0.1, 0.15) is 11.1 Å². The molecule has 3 aliphatic rings. The Morgan fingerprint density at radius 3 is 3.14 bits per heavy atom. The van der Waals surface area contributed by atoms with Gasteiger partial charge in [-0.05, 0) is 12.1 Å². The lowest BCUT2D eigenvalue weighted by atomic mass is 10.1. The topological polar surface area (TPSA) is 86.2 Å². The summed E-state index contributed by atoms with van der Waals surface area (Å²) < 4.78 is 5.96. The number of aliphatic imine (C=N–C) groups is 2. The summed E-state index contributed by atoms with van der Waals surface area (Å²) in [5, 5.41) is 0.593. The van der Waals surface area contributed by atoms with Gasteiger partial charge in [-0.25, -0.2) is 19.8 Å². The number of rotatable bonds is 3. The van der Waals surface area contributed by atoms with Crippen LogP contribution in [0.2, 0.25) is 5.02 Å². The molecule has 0 aliphatic carbocycles. The van der Waals surface area contributed by atoms with Crippen LogP contribution in [-0.4, -0.2) is 46.7 Å². The lowest BCUT2D eigenvalue weighted by Crippen LogP contribution is -2.32. The van der Waals surface area contributed by atoms with Crippen molar-refractivity contribution in [1.82, 2.24) is 14.9 Å². The van der Waals surface area contributed by atoms with Crippen LogP contribution >= 0.6 is 11.6 Å². The lowest BCUT2D eigenvalue weighted by molar-refractivity contribution is 0.219. The highest BCUT2D eigenvalue weighted by Gasteiger charge is 2.31. The van der Waals surface area contributed by atoms with E-state index in [1.807, 2.05) is 18.5 Å². The van der Waals surface area contributed by atoms with Gasteiger partial charge in [0.1, 0.15) is 24.9 Å². The number of nitrogens with one attached hydrogen (secondary N) is 1. The number of anilines is 1. The Bertz CT molecular complexity index is 1060. The van der Waals surface area contributed by atoms with E-state index >= 15 is 0 Å². The third kappa shape index (κ3) is 3.56. The van der Waals surface area contributed by atoms with Gasteiger partial charge in [0.2, 0.25) is 0 Å². The second kappa shape index (κ2) is 7.46.